The van der Waals surface area contributed by atoms with Crippen LogP contribution in [0.25, 0.3) is 0 Å². The van der Waals surface area contributed by atoms with Gasteiger partial charge in [-0.05, 0) is 34.4 Å². The van der Waals surface area contributed by atoms with Crippen molar-refractivity contribution in [2.75, 3.05) is 7.11 Å². The third-order valence-electron chi connectivity index (χ3n) is 4.57. The summed E-state index contributed by atoms with van der Waals surface area (Å²) in [4.78, 5) is 0. The van der Waals surface area contributed by atoms with E-state index in [0.717, 1.165) is 5.75 Å². The first-order valence-corrected chi connectivity index (χ1v) is 7.64. The zero-order valence-electron chi connectivity index (χ0n) is 11.0. The smallest absolute Gasteiger partial charge is 0.119 e. The summed E-state index contributed by atoms with van der Waals surface area (Å²) in [5.41, 5.74) is 5.21. The molecule has 0 saturated carbocycles. The molecule has 0 N–H and O–H groups in total. The molecule has 3 heteroatoms. The highest BCUT2D eigenvalue weighted by atomic mass is 35.5. The Morgan fingerprint density at radius 1 is 0.800 bits per heavy atom. The fourth-order valence-corrected chi connectivity index (χ4v) is 4.53. The van der Waals surface area contributed by atoms with Crippen LogP contribution in [0.5, 0.6) is 5.75 Å². The lowest BCUT2D eigenvalue weighted by atomic mass is 9.63. The second-order valence-corrected chi connectivity index (χ2v) is 6.48. The van der Waals surface area contributed by atoms with E-state index in [4.69, 9.17) is 27.9 Å². The predicted molar refractivity (Wildman–Crippen MR) is 82.4 cm³/mol. The molecular weight excluding hydrogens is 291 g/mol. The van der Waals surface area contributed by atoms with E-state index >= 15 is 0 Å². The van der Waals surface area contributed by atoms with Crippen molar-refractivity contribution in [2.45, 2.75) is 22.6 Å². The van der Waals surface area contributed by atoms with Crippen molar-refractivity contribution >= 4 is 23.2 Å². The lowest BCUT2D eigenvalue weighted by molar-refractivity contribution is 0.412. The number of methoxy groups -OCH3 is 1. The van der Waals surface area contributed by atoms with E-state index in [1.165, 1.54) is 22.3 Å². The van der Waals surface area contributed by atoms with E-state index in [1.807, 2.05) is 6.07 Å². The SMILES string of the molecule is COc1ccc2c(c1)[C@@H]1c3ccccc3[C@@H]2[C@H](Cl)[C@@H]1Cl. The highest BCUT2D eigenvalue weighted by molar-refractivity contribution is 6.31. The van der Waals surface area contributed by atoms with Crippen LogP contribution in [0.2, 0.25) is 0 Å². The van der Waals surface area contributed by atoms with Gasteiger partial charge in [-0.1, -0.05) is 30.3 Å². The van der Waals surface area contributed by atoms with E-state index in [0.29, 0.717) is 0 Å². The van der Waals surface area contributed by atoms with Gasteiger partial charge in [-0.15, -0.1) is 23.2 Å². The molecule has 0 aliphatic heterocycles. The first-order valence-electron chi connectivity index (χ1n) is 6.77. The quantitative estimate of drug-likeness (QED) is 0.705. The van der Waals surface area contributed by atoms with Gasteiger partial charge in [0.05, 0.1) is 17.9 Å². The number of hydrogen-bond donors (Lipinski definition) is 0. The van der Waals surface area contributed by atoms with E-state index in [9.17, 15) is 0 Å². The van der Waals surface area contributed by atoms with E-state index in [2.05, 4.69) is 36.4 Å². The van der Waals surface area contributed by atoms with E-state index in [-0.39, 0.29) is 22.6 Å². The van der Waals surface area contributed by atoms with Gasteiger partial charge in [-0.3, -0.25) is 0 Å². The lowest BCUT2D eigenvalue weighted by Gasteiger charge is -2.46. The number of alkyl halides is 2. The zero-order valence-corrected chi connectivity index (χ0v) is 12.5. The molecule has 1 nitrogen and oxygen atoms in total. The van der Waals surface area contributed by atoms with E-state index < -0.39 is 0 Å². The summed E-state index contributed by atoms with van der Waals surface area (Å²) >= 11 is 13.3. The molecular formula is C17H14Cl2O. The first-order chi connectivity index (χ1) is 9.72. The Morgan fingerprint density at radius 3 is 1.95 bits per heavy atom. The van der Waals surface area contributed by atoms with Gasteiger partial charge in [0.2, 0.25) is 0 Å². The topological polar surface area (TPSA) is 9.23 Å². The Morgan fingerprint density at radius 2 is 1.35 bits per heavy atom. The average Bonchev–Trinajstić information content (AvgIpc) is 2.49. The second kappa shape index (κ2) is 4.41. The summed E-state index contributed by atoms with van der Waals surface area (Å²) in [6.45, 7) is 0. The van der Waals surface area contributed by atoms with Crippen molar-refractivity contribution in [2.24, 2.45) is 0 Å². The summed E-state index contributed by atoms with van der Waals surface area (Å²) in [6, 6.07) is 14.8. The van der Waals surface area contributed by atoms with Crippen LogP contribution in [0.15, 0.2) is 42.5 Å². The zero-order chi connectivity index (χ0) is 13.9. The molecule has 5 rings (SSSR count). The van der Waals surface area contributed by atoms with Crippen LogP contribution in [-0.2, 0) is 0 Å². The van der Waals surface area contributed by atoms with Crippen LogP contribution in [0.3, 0.4) is 0 Å². The molecule has 0 saturated heterocycles. The van der Waals surface area contributed by atoms with Gasteiger partial charge in [-0.25, -0.2) is 0 Å². The van der Waals surface area contributed by atoms with Crippen LogP contribution in [-0.4, -0.2) is 17.9 Å². The van der Waals surface area contributed by atoms with Crippen molar-refractivity contribution in [3.05, 3.63) is 64.7 Å². The molecule has 0 amide bonds. The minimum Gasteiger partial charge on any atom is -0.497 e. The standard InChI is InChI=1S/C17H14Cl2O/c1-20-9-6-7-12-13(8-9)15-11-5-3-2-4-10(11)14(12)16(18)17(15)19/h2-8,14-17H,1H3/t14-,15-,16-,17+/m0/s1. The maximum Gasteiger partial charge on any atom is 0.119 e. The van der Waals surface area contributed by atoms with Crippen molar-refractivity contribution < 1.29 is 4.74 Å². The van der Waals surface area contributed by atoms with Gasteiger partial charge < -0.3 is 4.74 Å². The molecule has 102 valence electrons. The van der Waals surface area contributed by atoms with Gasteiger partial charge in [-0.2, -0.15) is 0 Å². The molecule has 0 radical (unpaired) electrons. The van der Waals surface area contributed by atoms with Gasteiger partial charge in [0.15, 0.2) is 0 Å². The molecule has 2 aromatic carbocycles. The minimum absolute atomic E-state index is 0.0579. The van der Waals surface area contributed by atoms with Crippen molar-refractivity contribution in [3.63, 3.8) is 0 Å². The summed E-state index contributed by atoms with van der Waals surface area (Å²) in [5, 5.41) is -0.131. The number of benzene rings is 2. The van der Waals surface area contributed by atoms with E-state index in [1.54, 1.807) is 7.11 Å². The molecule has 0 aromatic heterocycles. The number of hydrogen-bond acceptors (Lipinski definition) is 1. The molecule has 0 spiro atoms. The summed E-state index contributed by atoms with van der Waals surface area (Å²) in [6.07, 6.45) is 0. The van der Waals surface area contributed by atoms with Crippen LogP contribution in [0.1, 0.15) is 34.1 Å². The molecule has 0 fully saturated rings. The Balaban J connectivity index is 2.00. The number of fused-ring (bicyclic) bond motifs is 1. The molecule has 3 aliphatic carbocycles. The highest BCUT2D eigenvalue weighted by Gasteiger charge is 2.48. The van der Waals surface area contributed by atoms with Gasteiger partial charge >= 0.3 is 0 Å². The lowest BCUT2D eigenvalue weighted by Crippen LogP contribution is -2.41. The van der Waals surface area contributed by atoms with Crippen LogP contribution >= 0.6 is 23.2 Å². The highest BCUT2D eigenvalue weighted by Crippen LogP contribution is 2.56. The number of halogens is 2. The van der Waals surface area contributed by atoms with Crippen LogP contribution < -0.4 is 4.74 Å². The summed E-state index contributed by atoms with van der Waals surface area (Å²) < 4.78 is 5.36. The monoisotopic (exact) mass is 304 g/mol. The predicted octanol–water partition coefficient (Wildman–Crippen LogP) is 4.50. The third kappa shape index (κ3) is 1.51. The average molecular weight is 305 g/mol. The molecule has 0 heterocycles. The molecule has 0 unspecified atom stereocenters. The minimum atomic E-state index is -0.0730. The fraction of sp³-hybridized carbons (Fsp3) is 0.294. The Hall–Kier alpha value is -1.18. The molecule has 4 atom stereocenters. The summed E-state index contributed by atoms with van der Waals surface area (Å²) in [5.74, 6) is 1.22. The van der Waals surface area contributed by atoms with Gasteiger partial charge in [0.1, 0.15) is 5.75 Å². The van der Waals surface area contributed by atoms with Crippen LogP contribution in [0, 0.1) is 0 Å². The van der Waals surface area contributed by atoms with Crippen LogP contribution in [0.4, 0.5) is 0 Å². The molecule has 20 heavy (non-hydrogen) atoms. The summed E-state index contributed by atoms with van der Waals surface area (Å²) in [7, 11) is 1.69. The molecule has 2 aromatic rings. The van der Waals surface area contributed by atoms with Crippen molar-refractivity contribution in [3.8, 4) is 5.75 Å². The Kier molecular flexibility index (Phi) is 2.77. The molecule has 2 bridgehead atoms. The normalized spacial score (nSPS) is 29.8. The van der Waals surface area contributed by atoms with Crippen molar-refractivity contribution in [1.82, 2.24) is 0 Å². The fourth-order valence-electron chi connectivity index (χ4n) is 3.70. The maximum atomic E-state index is 6.64. The maximum absolute atomic E-state index is 6.64. The van der Waals surface area contributed by atoms with Gasteiger partial charge in [0, 0.05) is 11.8 Å². The molecule has 3 aliphatic rings. The number of ether oxygens (including phenoxy) is 1. The first kappa shape index (κ1) is 12.6. The second-order valence-electron chi connectivity index (χ2n) is 5.47. The van der Waals surface area contributed by atoms with Crippen molar-refractivity contribution in [1.29, 1.82) is 0 Å². The number of rotatable bonds is 1. The van der Waals surface area contributed by atoms with Gasteiger partial charge in [0.25, 0.3) is 0 Å². The third-order valence-corrected chi connectivity index (χ3v) is 5.75. The largest absolute Gasteiger partial charge is 0.497 e. The Labute approximate surface area is 128 Å². The Bertz CT molecular complexity index is 682.